The Labute approximate surface area is 199 Å². The maximum Gasteiger partial charge on any atom is 0.369 e. The third kappa shape index (κ3) is 2.35. The number of hydrogen-bond donors (Lipinski definition) is 0. The molecule has 5 heterocycles. The van der Waals surface area contributed by atoms with E-state index in [1.165, 1.54) is 39.3 Å². The number of guanidine groups is 1. The predicted molar refractivity (Wildman–Crippen MR) is 137 cm³/mol. The molecule has 1 saturated heterocycles. The first-order chi connectivity index (χ1) is 16.6. The van der Waals surface area contributed by atoms with Gasteiger partial charge >= 0.3 is 11.9 Å². The fourth-order valence-corrected chi connectivity index (χ4v) is 6.04. The Balaban J connectivity index is 1.68. The molecule has 168 valence electrons. The van der Waals surface area contributed by atoms with Gasteiger partial charge in [0.1, 0.15) is 22.9 Å². The minimum absolute atomic E-state index is 0.137. The monoisotopic (exact) mass is 448 g/mol. The summed E-state index contributed by atoms with van der Waals surface area (Å²) >= 11 is 0. The van der Waals surface area contributed by atoms with Crippen LogP contribution in [-0.2, 0) is 0 Å². The van der Waals surface area contributed by atoms with Crippen LogP contribution in [0.25, 0.3) is 22.0 Å². The van der Waals surface area contributed by atoms with Gasteiger partial charge in [0.15, 0.2) is 11.7 Å². The number of anilines is 2. The molecular weight excluding hydrogens is 420 g/mol. The summed E-state index contributed by atoms with van der Waals surface area (Å²) in [6.45, 7) is 0. The quantitative estimate of drug-likeness (QED) is 0.415. The first kappa shape index (κ1) is 19.4. The van der Waals surface area contributed by atoms with Gasteiger partial charge in [0, 0.05) is 0 Å². The van der Waals surface area contributed by atoms with E-state index in [9.17, 15) is 0 Å². The summed E-state index contributed by atoms with van der Waals surface area (Å²) in [7, 11) is 8.56. The molecule has 6 heteroatoms. The second kappa shape index (κ2) is 6.73. The maximum atomic E-state index is 2.55. The molecule has 0 aliphatic carbocycles. The van der Waals surface area contributed by atoms with Crippen LogP contribution in [0.2, 0.25) is 0 Å². The fourth-order valence-electron chi connectivity index (χ4n) is 6.04. The van der Waals surface area contributed by atoms with E-state index in [-0.39, 0.29) is 12.1 Å². The Hall–Kier alpha value is -4.06. The molecule has 3 aliphatic rings. The van der Waals surface area contributed by atoms with Crippen LogP contribution < -0.4 is 14.2 Å². The highest BCUT2D eigenvalue weighted by Gasteiger charge is 2.58. The van der Waals surface area contributed by atoms with Gasteiger partial charge in [0.2, 0.25) is 0 Å². The number of pyridine rings is 1. The molecular formula is C28H28N6+2. The molecule has 7 rings (SSSR count). The number of aromatic nitrogens is 2. The molecule has 1 fully saturated rings. The zero-order valence-electron chi connectivity index (χ0n) is 19.9. The third-order valence-electron chi connectivity index (χ3n) is 7.24. The van der Waals surface area contributed by atoms with E-state index in [4.69, 9.17) is 0 Å². The van der Waals surface area contributed by atoms with Crippen molar-refractivity contribution < 1.29 is 8.98 Å². The number of benzene rings is 2. The van der Waals surface area contributed by atoms with E-state index in [2.05, 4.69) is 142 Å². The number of nitrogens with zero attached hydrogens (tertiary/aromatic N) is 6. The molecule has 34 heavy (non-hydrogen) atoms. The molecule has 2 aromatic heterocycles. The summed E-state index contributed by atoms with van der Waals surface area (Å²) < 4.78 is 7.07. The van der Waals surface area contributed by atoms with E-state index >= 15 is 0 Å². The molecule has 0 saturated carbocycles. The van der Waals surface area contributed by atoms with Crippen molar-refractivity contribution in [2.75, 3.05) is 38.0 Å². The summed E-state index contributed by atoms with van der Waals surface area (Å²) in [5, 5.41) is 2.51. The molecule has 0 bridgehead atoms. The molecule has 2 atom stereocenters. The molecule has 6 nitrogen and oxygen atoms in total. The highest BCUT2D eigenvalue weighted by Crippen LogP contribution is 2.50. The number of imidazole rings is 1. The Kier molecular flexibility index (Phi) is 3.84. The van der Waals surface area contributed by atoms with Crippen LogP contribution in [0, 0.1) is 0 Å². The van der Waals surface area contributed by atoms with Crippen LogP contribution >= 0.6 is 0 Å². The largest absolute Gasteiger partial charge is 0.369 e. The average Bonchev–Trinajstić information content (AvgIpc) is 3.37. The van der Waals surface area contributed by atoms with Crippen LogP contribution in [-0.4, -0.2) is 54.2 Å². The van der Waals surface area contributed by atoms with Crippen LogP contribution in [0.15, 0.2) is 85.2 Å². The minimum atomic E-state index is 0.137. The predicted octanol–water partition coefficient (Wildman–Crippen LogP) is 3.69. The standard InChI is InChI=1S/C28H28N6/c1-29(2)27-31-15-9-7-13-21(31)25-26-22-14-8-10-16-32(22)28(30(3)4)34(26)24-18-20-12-6-5-11-19(20)17-23(24)33(25)27/h5-18,21,25H,1-4H3/q+2. The van der Waals surface area contributed by atoms with E-state index in [0.717, 1.165) is 5.95 Å². The van der Waals surface area contributed by atoms with Gasteiger partial charge < -0.3 is 0 Å². The van der Waals surface area contributed by atoms with Crippen LogP contribution in [0.4, 0.5) is 11.6 Å². The second-order valence-corrected chi connectivity index (χ2v) is 9.69. The number of allylic oxidation sites excluding steroid dienone is 2. The van der Waals surface area contributed by atoms with E-state index in [1.807, 2.05) is 0 Å². The maximum absolute atomic E-state index is 2.55. The molecule has 0 N–H and O–H groups in total. The lowest BCUT2D eigenvalue weighted by atomic mass is 9.97. The van der Waals surface area contributed by atoms with Crippen molar-refractivity contribution in [3.63, 3.8) is 0 Å². The normalized spacial score (nSPS) is 19.9. The number of hydrogen-bond acceptors (Lipinski definition) is 1. The highest BCUT2D eigenvalue weighted by molar-refractivity contribution is 6.04. The Morgan fingerprint density at radius 3 is 2.38 bits per heavy atom. The fraction of sp³-hybridized carbons (Fsp3) is 0.214. The SMILES string of the molecule is CN(C)c1n2c(c3cccc[n+]13)C1C3C=CC=CN3C(=[N+](C)C)N1c1cc3ccccc3cc1-2. The lowest BCUT2D eigenvalue weighted by molar-refractivity contribution is -0.497. The van der Waals surface area contributed by atoms with Gasteiger partial charge in [-0.2, -0.15) is 4.57 Å². The highest BCUT2D eigenvalue weighted by atomic mass is 15.5. The molecule has 3 aliphatic heterocycles. The van der Waals surface area contributed by atoms with Gasteiger partial charge in [-0.15, -0.1) is 0 Å². The minimum Gasteiger partial charge on any atom is -0.269 e. The Morgan fingerprint density at radius 2 is 1.65 bits per heavy atom. The second-order valence-electron chi connectivity index (χ2n) is 9.69. The van der Waals surface area contributed by atoms with Crippen molar-refractivity contribution in [1.29, 1.82) is 0 Å². The molecule has 4 aromatic rings. The molecule has 2 unspecified atom stereocenters. The first-order valence-electron chi connectivity index (χ1n) is 11.8. The Bertz CT molecular complexity index is 1580. The number of fused-ring (bicyclic) bond motifs is 11. The van der Waals surface area contributed by atoms with Gasteiger partial charge in [-0.05, 0) is 47.2 Å². The van der Waals surface area contributed by atoms with Gasteiger partial charge in [-0.25, -0.2) is 14.2 Å². The Morgan fingerprint density at radius 1 is 0.912 bits per heavy atom. The van der Waals surface area contributed by atoms with E-state index in [0.29, 0.717) is 0 Å². The summed E-state index contributed by atoms with van der Waals surface area (Å²) in [6.07, 6.45) is 11.1. The molecule has 0 radical (unpaired) electrons. The van der Waals surface area contributed by atoms with Gasteiger partial charge in [0.25, 0.3) is 0 Å². The summed E-state index contributed by atoms with van der Waals surface area (Å²) in [6, 6.07) is 20.3. The topological polar surface area (TPSA) is 21.8 Å². The van der Waals surface area contributed by atoms with Gasteiger partial charge in [0.05, 0.1) is 40.6 Å². The van der Waals surface area contributed by atoms with Crippen molar-refractivity contribution in [3.8, 4) is 5.69 Å². The average molecular weight is 449 g/mol. The summed E-state index contributed by atoms with van der Waals surface area (Å²) in [5.41, 5.74) is 5.01. The molecule has 0 spiro atoms. The van der Waals surface area contributed by atoms with Crippen molar-refractivity contribution in [2.24, 2.45) is 0 Å². The van der Waals surface area contributed by atoms with Crippen LogP contribution in [0.1, 0.15) is 11.7 Å². The summed E-state index contributed by atoms with van der Waals surface area (Å²) in [4.78, 5) is 7.19. The van der Waals surface area contributed by atoms with Crippen molar-refractivity contribution >= 4 is 33.9 Å². The zero-order chi connectivity index (χ0) is 23.1. The first-order valence-corrected chi connectivity index (χ1v) is 11.8. The van der Waals surface area contributed by atoms with E-state index in [1.54, 1.807) is 0 Å². The lowest BCUT2D eigenvalue weighted by Crippen LogP contribution is -2.40. The van der Waals surface area contributed by atoms with Gasteiger partial charge in [-0.3, -0.25) is 9.48 Å². The molecule has 2 aromatic carbocycles. The van der Waals surface area contributed by atoms with Crippen molar-refractivity contribution in [1.82, 2.24) is 9.47 Å². The lowest BCUT2D eigenvalue weighted by Gasteiger charge is -2.28. The zero-order valence-corrected chi connectivity index (χ0v) is 19.9. The van der Waals surface area contributed by atoms with Crippen LogP contribution in [0.3, 0.4) is 0 Å². The smallest absolute Gasteiger partial charge is 0.269 e. The summed E-state index contributed by atoms with van der Waals surface area (Å²) in [5.74, 6) is 2.35. The number of rotatable bonds is 1. The molecule has 0 amide bonds. The van der Waals surface area contributed by atoms with Gasteiger partial charge in [-0.1, -0.05) is 36.4 Å². The van der Waals surface area contributed by atoms with E-state index < -0.39 is 0 Å². The van der Waals surface area contributed by atoms with Crippen molar-refractivity contribution in [3.05, 3.63) is 90.9 Å². The van der Waals surface area contributed by atoms with Crippen LogP contribution in [0.5, 0.6) is 0 Å². The van der Waals surface area contributed by atoms with Crippen molar-refractivity contribution in [2.45, 2.75) is 12.1 Å². The third-order valence-corrected chi connectivity index (χ3v) is 7.24.